The Balaban J connectivity index is 0.000000900. The number of allylic oxidation sites excluding steroid dienone is 4. The molecule has 8 heteroatoms. The Labute approximate surface area is 275 Å². The molecule has 4 N–H and O–H groups in total. The minimum Gasteiger partial charge on any atom is -0.481 e. The summed E-state index contributed by atoms with van der Waals surface area (Å²) >= 11 is 0. The van der Waals surface area contributed by atoms with Crippen molar-refractivity contribution in [3.63, 3.8) is 0 Å². The fraction of sp³-hybridized carbons (Fsp3) is 0.368. The lowest BCUT2D eigenvalue weighted by atomic mass is 10.0. The average Bonchev–Trinajstić information content (AvgIpc) is 3.04. The zero-order chi connectivity index (χ0) is 34.7. The number of hydrogen-bond acceptors (Lipinski definition) is 5. The summed E-state index contributed by atoms with van der Waals surface area (Å²) in [5.74, 6) is -0.792. The third-order valence-corrected chi connectivity index (χ3v) is 6.40. The molecule has 2 unspecified atom stereocenters. The van der Waals surface area contributed by atoms with E-state index in [-0.39, 0.29) is 18.7 Å². The number of aliphatic hydroxyl groups is 2. The Morgan fingerprint density at radius 1 is 0.891 bits per heavy atom. The van der Waals surface area contributed by atoms with Crippen LogP contribution >= 0.6 is 0 Å². The molecule has 2 atom stereocenters. The summed E-state index contributed by atoms with van der Waals surface area (Å²) in [5.41, 5.74) is 4.25. The highest BCUT2D eigenvalue weighted by Gasteiger charge is 2.17. The Hall–Kier alpha value is -4.27. The van der Waals surface area contributed by atoms with Crippen LogP contribution in [0.2, 0.25) is 0 Å². The molecule has 3 rings (SSSR count). The highest BCUT2D eigenvalue weighted by atomic mass is 19.1. The first-order valence-electron chi connectivity index (χ1n) is 15.8. The molecule has 0 saturated heterocycles. The van der Waals surface area contributed by atoms with Crippen LogP contribution in [-0.2, 0) is 9.59 Å². The van der Waals surface area contributed by atoms with Crippen LogP contribution in [0.3, 0.4) is 0 Å². The van der Waals surface area contributed by atoms with Crippen molar-refractivity contribution in [2.45, 2.75) is 73.0 Å². The van der Waals surface area contributed by atoms with Gasteiger partial charge in [-0.25, -0.2) is 4.39 Å². The number of carbonyl (C=O) groups excluding carboxylic acids is 1. The van der Waals surface area contributed by atoms with E-state index in [1.165, 1.54) is 12.1 Å². The maximum Gasteiger partial charge on any atom is 0.305 e. The number of carbonyl (C=O) groups is 2. The van der Waals surface area contributed by atoms with E-state index in [9.17, 15) is 24.2 Å². The quantitative estimate of drug-likeness (QED) is 0.105. The van der Waals surface area contributed by atoms with Crippen LogP contribution in [0.15, 0.2) is 109 Å². The van der Waals surface area contributed by atoms with Crippen molar-refractivity contribution in [1.29, 1.82) is 0 Å². The highest BCUT2D eigenvalue weighted by molar-refractivity contribution is 5.76. The third-order valence-electron chi connectivity index (χ3n) is 6.40. The van der Waals surface area contributed by atoms with Gasteiger partial charge >= 0.3 is 5.97 Å². The molecule has 1 amide bonds. The van der Waals surface area contributed by atoms with Gasteiger partial charge in [0.15, 0.2) is 0 Å². The van der Waals surface area contributed by atoms with E-state index in [1.54, 1.807) is 18.2 Å². The molecule has 0 fully saturated rings. The second-order valence-electron chi connectivity index (χ2n) is 10.4. The topological polar surface area (TPSA) is 110 Å². The molecule has 0 aromatic heterocycles. The number of halogens is 1. The smallest absolute Gasteiger partial charge is 0.305 e. The molecular weight excluding hydrogens is 583 g/mol. The maximum atomic E-state index is 11.9. The summed E-state index contributed by atoms with van der Waals surface area (Å²) in [4.78, 5) is 22.7. The van der Waals surface area contributed by atoms with Crippen LogP contribution in [0.5, 0.6) is 0 Å². The Kier molecular flexibility index (Phi) is 23.6. The molecule has 3 aromatic rings. The van der Waals surface area contributed by atoms with Gasteiger partial charge in [-0.1, -0.05) is 107 Å². The monoisotopic (exact) mass is 636 g/mol. The SMILES string of the molecule is CC.CCN(CCC(O)CC(O)CC(=O)O)/C(C)=C(\C=C\C(C)C)c1ccccc1.Fc1ccccc1.O=CNc1ccccc1. The van der Waals surface area contributed by atoms with Gasteiger partial charge in [0, 0.05) is 30.0 Å². The van der Waals surface area contributed by atoms with E-state index in [0.29, 0.717) is 25.3 Å². The zero-order valence-electron chi connectivity index (χ0n) is 28.1. The lowest BCUT2D eigenvalue weighted by Crippen LogP contribution is -2.28. The molecule has 0 aliphatic heterocycles. The lowest BCUT2D eigenvalue weighted by Gasteiger charge is -2.27. The summed E-state index contributed by atoms with van der Waals surface area (Å²) in [6, 6.07) is 27.5. The van der Waals surface area contributed by atoms with Crippen molar-refractivity contribution in [2.75, 3.05) is 18.4 Å². The highest BCUT2D eigenvalue weighted by Crippen LogP contribution is 2.24. The van der Waals surface area contributed by atoms with Gasteiger partial charge in [0.1, 0.15) is 5.82 Å². The molecule has 252 valence electrons. The summed E-state index contributed by atoms with van der Waals surface area (Å²) in [7, 11) is 0. The first-order chi connectivity index (χ1) is 22.1. The molecule has 0 bridgehead atoms. The summed E-state index contributed by atoms with van der Waals surface area (Å²) < 4.78 is 11.9. The number of benzene rings is 3. The van der Waals surface area contributed by atoms with Crippen molar-refractivity contribution >= 4 is 23.6 Å². The fourth-order valence-electron chi connectivity index (χ4n) is 4.10. The lowest BCUT2D eigenvalue weighted by molar-refractivity contribution is -0.139. The number of nitrogens with zero attached hydrogens (tertiary/aromatic N) is 1. The third kappa shape index (κ3) is 19.9. The molecule has 0 saturated carbocycles. The molecule has 46 heavy (non-hydrogen) atoms. The number of aliphatic hydroxyl groups excluding tert-OH is 2. The number of para-hydroxylation sites is 1. The molecule has 3 aromatic carbocycles. The van der Waals surface area contributed by atoms with Gasteiger partial charge in [-0.3, -0.25) is 9.59 Å². The van der Waals surface area contributed by atoms with E-state index in [2.05, 4.69) is 62.2 Å². The van der Waals surface area contributed by atoms with Crippen LogP contribution in [0.4, 0.5) is 10.1 Å². The number of carboxylic acids is 1. The van der Waals surface area contributed by atoms with Gasteiger partial charge in [-0.15, -0.1) is 0 Å². The molecule has 0 heterocycles. The predicted molar refractivity (Wildman–Crippen MR) is 188 cm³/mol. The summed E-state index contributed by atoms with van der Waals surface area (Å²) in [6.45, 7) is 13.9. The van der Waals surface area contributed by atoms with E-state index in [4.69, 9.17) is 5.11 Å². The van der Waals surface area contributed by atoms with Crippen LogP contribution in [0.25, 0.3) is 5.57 Å². The van der Waals surface area contributed by atoms with E-state index in [1.807, 2.05) is 62.4 Å². The second-order valence-corrected chi connectivity index (χ2v) is 10.4. The molecule has 0 spiro atoms. The molecule has 0 aliphatic carbocycles. The number of carboxylic acid groups (broad SMARTS) is 1. The number of anilines is 1. The molecule has 7 nitrogen and oxygen atoms in total. The first kappa shape index (κ1) is 41.7. The maximum absolute atomic E-state index is 11.9. The minimum atomic E-state index is -1.06. The number of rotatable bonds is 14. The predicted octanol–water partition coefficient (Wildman–Crippen LogP) is 8.04. The van der Waals surface area contributed by atoms with Gasteiger partial charge < -0.3 is 25.5 Å². The standard InChI is InChI=1S/C23H35NO4.C7H7NO.C6H5F.C2H6/c1-5-24(14-13-20(25)15-21(26)16-23(27)28)18(4)22(12-11-17(2)3)19-9-7-6-8-10-19;9-6-8-7-4-2-1-3-5-7;7-6-4-2-1-3-5-6;1-2/h6-12,17,20-21,25-26H,5,13-16H2,1-4H3,(H,27,28);1-6H,(H,8,9);1-5H;1-2H3/b12-11+,22-18+;;;. The summed E-state index contributed by atoms with van der Waals surface area (Å²) in [5, 5.41) is 31.1. The normalized spacial score (nSPS) is 12.1. The van der Waals surface area contributed by atoms with Gasteiger partial charge in [-0.2, -0.15) is 0 Å². The van der Waals surface area contributed by atoms with E-state index in [0.717, 1.165) is 29.1 Å². The number of aliphatic carboxylic acids is 1. The van der Waals surface area contributed by atoms with Crippen molar-refractivity contribution in [3.05, 3.63) is 120 Å². The van der Waals surface area contributed by atoms with Gasteiger partial charge in [0.2, 0.25) is 6.41 Å². The van der Waals surface area contributed by atoms with Crippen LogP contribution in [-0.4, -0.2) is 57.9 Å². The van der Waals surface area contributed by atoms with Gasteiger partial charge in [0.05, 0.1) is 18.6 Å². The summed E-state index contributed by atoms with van der Waals surface area (Å²) in [6.07, 6.45) is 3.45. The number of hydrogen-bond donors (Lipinski definition) is 4. The first-order valence-corrected chi connectivity index (χ1v) is 15.8. The Morgan fingerprint density at radius 2 is 1.41 bits per heavy atom. The minimum absolute atomic E-state index is 0.0748. The fourth-order valence-corrected chi connectivity index (χ4v) is 4.10. The van der Waals surface area contributed by atoms with Gasteiger partial charge in [0.25, 0.3) is 0 Å². The second kappa shape index (κ2) is 26.0. The Morgan fingerprint density at radius 3 is 1.85 bits per heavy atom. The van der Waals surface area contributed by atoms with E-state index >= 15 is 0 Å². The van der Waals surface area contributed by atoms with Crippen molar-refractivity contribution < 1.29 is 29.3 Å². The van der Waals surface area contributed by atoms with Crippen LogP contribution in [0.1, 0.15) is 66.4 Å². The number of nitrogens with one attached hydrogen (secondary N) is 1. The van der Waals surface area contributed by atoms with Crippen LogP contribution < -0.4 is 5.32 Å². The average molecular weight is 637 g/mol. The largest absolute Gasteiger partial charge is 0.481 e. The Bertz CT molecular complexity index is 1250. The molecule has 0 radical (unpaired) electrons. The molecular formula is C38H53FN2O5. The van der Waals surface area contributed by atoms with E-state index < -0.39 is 18.2 Å². The van der Waals surface area contributed by atoms with Crippen molar-refractivity contribution in [3.8, 4) is 0 Å². The zero-order valence-corrected chi connectivity index (χ0v) is 28.1. The number of amides is 1. The molecule has 0 aliphatic rings. The van der Waals surface area contributed by atoms with Crippen LogP contribution in [0, 0.1) is 11.7 Å². The van der Waals surface area contributed by atoms with Gasteiger partial charge in [-0.05, 0) is 62.4 Å². The van der Waals surface area contributed by atoms with Crippen molar-refractivity contribution in [1.82, 2.24) is 4.90 Å². The van der Waals surface area contributed by atoms with Crippen molar-refractivity contribution in [2.24, 2.45) is 5.92 Å².